The second-order valence-electron chi connectivity index (χ2n) is 5.84. The maximum absolute atomic E-state index is 10.9. The van der Waals surface area contributed by atoms with Crippen LogP contribution in [0.1, 0.15) is 11.1 Å². The molecule has 126 valence electrons. The Balaban J connectivity index is 1.59. The van der Waals surface area contributed by atoms with Gasteiger partial charge >= 0.3 is 0 Å². The summed E-state index contributed by atoms with van der Waals surface area (Å²) in [7, 11) is 0. The van der Waals surface area contributed by atoms with Gasteiger partial charge in [-0.15, -0.1) is 0 Å². The van der Waals surface area contributed by atoms with E-state index in [0.717, 1.165) is 44.1 Å². The maximum Gasteiger partial charge on any atom is 0.290 e. The first-order chi connectivity index (χ1) is 11.5. The van der Waals surface area contributed by atoms with Gasteiger partial charge in [0.2, 0.25) is 0 Å². The first-order valence-corrected chi connectivity index (χ1v) is 8.09. The normalized spacial score (nSPS) is 15.5. The molecular formula is C16H18ClN5O2. The van der Waals surface area contributed by atoms with Gasteiger partial charge in [-0.3, -0.25) is 15.0 Å². The highest BCUT2D eigenvalue weighted by Crippen LogP contribution is 2.22. The number of rotatable bonds is 4. The SMILES string of the molecule is Cc1cc(N2CCN(Cc3ccc(Cl)nc3)CC2)ncc1[N+](=O)[O-]. The maximum atomic E-state index is 10.9. The molecule has 2 aromatic rings. The molecule has 1 fully saturated rings. The van der Waals surface area contributed by atoms with E-state index in [1.807, 2.05) is 6.07 Å². The summed E-state index contributed by atoms with van der Waals surface area (Å²) < 4.78 is 0. The van der Waals surface area contributed by atoms with Crippen LogP contribution in [0.3, 0.4) is 0 Å². The van der Waals surface area contributed by atoms with E-state index in [0.29, 0.717) is 10.7 Å². The van der Waals surface area contributed by atoms with Crippen molar-refractivity contribution < 1.29 is 4.92 Å². The highest BCUT2D eigenvalue weighted by atomic mass is 35.5. The number of nitro groups is 1. The Morgan fingerprint density at radius 1 is 1.21 bits per heavy atom. The highest BCUT2D eigenvalue weighted by Gasteiger charge is 2.20. The lowest BCUT2D eigenvalue weighted by Crippen LogP contribution is -2.46. The second kappa shape index (κ2) is 7.11. The number of hydrogen-bond acceptors (Lipinski definition) is 6. The fraction of sp³-hybridized carbons (Fsp3) is 0.375. The Bertz CT molecular complexity index is 730. The third kappa shape index (κ3) is 3.80. The zero-order chi connectivity index (χ0) is 17.1. The number of pyridine rings is 2. The van der Waals surface area contributed by atoms with Crippen LogP contribution >= 0.6 is 11.6 Å². The van der Waals surface area contributed by atoms with Crippen LogP contribution in [-0.4, -0.2) is 46.0 Å². The molecule has 0 spiro atoms. The minimum absolute atomic E-state index is 0.0626. The number of halogens is 1. The quantitative estimate of drug-likeness (QED) is 0.481. The molecule has 0 amide bonds. The Kier molecular flexibility index (Phi) is 4.92. The minimum Gasteiger partial charge on any atom is -0.354 e. The van der Waals surface area contributed by atoms with Crippen molar-refractivity contribution in [3.63, 3.8) is 0 Å². The Labute approximate surface area is 145 Å². The number of hydrogen-bond donors (Lipinski definition) is 0. The van der Waals surface area contributed by atoms with E-state index >= 15 is 0 Å². The largest absolute Gasteiger partial charge is 0.354 e. The first-order valence-electron chi connectivity index (χ1n) is 7.72. The fourth-order valence-electron chi connectivity index (χ4n) is 2.79. The lowest BCUT2D eigenvalue weighted by atomic mass is 10.2. The molecule has 3 heterocycles. The average molecular weight is 348 g/mol. The van der Waals surface area contributed by atoms with Gasteiger partial charge in [0.15, 0.2) is 0 Å². The molecule has 1 aliphatic heterocycles. The molecule has 0 atom stereocenters. The third-order valence-electron chi connectivity index (χ3n) is 4.16. The molecule has 0 radical (unpaired) electrons. The molecule has 0 bridgehead atoms. The van der Waals surface area contributed by atoms with Crippen molar-refractivity contribution in [2.45, 2.75) is 13.5 Å². The van der Waals surface area contributed by atoms with E-state index in [2.05, 4.69) is 19.8 Å². The van der Waals surface area contributed by atoms with Crippen molar-refractivity contribution >= 4 is 23.1 Å². The number of aryl methyl sites for hydroxylation is 1. The van der Waals surface area contributed by atoms with Crippen molar-refractivity contribution in [1.82, 2.24) is 14.9 Å². The summed E-state index contributed by atoms with van der Waals surface area (Å²) in [6.07, 6.45) is 3.15. The number of anilines is 1. The first kappa shape index (κ1) is 16.6. The van der Waals surface area contributed by atoms with Crippen LogP contribution in [0.5, 0.6) is 0 Å². The standard InChI is InChI=1S/C16H18ClN5O2/c1-12-8-16(19-10-14(12)22(23)24)21-6-4-20(5-7-21)11-13-2-3-15(17)18-9-13/h2-3,8-10H,4-7,11H2,1H3. The second-order valence-corrected chi connectivity index (χ2v) is 6.23. The zero-order valence-corrected chi connectivity index (χ0v) is 14.1. The van der Waals surface area contributed by atoms with Gasteiger partial charge in [0.1, 0.15) is 17.2 Å². The van der Waals surface area contributed by atoms with E-state index in [9.17, 15) is 10.1 Å². The van der Waals surface area contributed by atoms with Gasteiger partial charge < -0.3 is 4.90 Å². The minimum atomic E-state index is -0.399. The molecular weight excluding hydrogens is 330 g/mol. The third-order valence-corrected chi connectivity index (χ3v) is 4.38. The van der Waals surface area contributed by atoms with Crippen LogP contribution < -0.4 is 4.90 Å². The van der Waals surface area contributed by atoms with Crippen LogP contribution in [0.15, 0.2) is 30.6 Å². The van der Waals surface area contributed by atoms with Gasteiger partial charge in [-0.2, -0.15) is 0 Å². The van der Waals surface area contributed by atoms with Gasteiger partial charge in [0.25, 0.3) is 5.69 Å². The van der Waals surface area contributed by atoms with Gasteiger partial charge in [-0.05, 0) is 24.6 Å². The van der Waals surface area contributed by atoms with Gasteiger partial charge in [-0.25, -0.2) is 9.97 Å². The van der Waals surface area contributed by atoms with Crippen molar-refractivity contribution in [3.05, 3.63) is 57.0 Å². The van der Waals surface area contributed by atoms with Crippen LogP contribution in [-0.2, 0) is 6.54 Å². The molecule has 0 N–H and O–H groups in total. The molecule has 8 heteroatoms. The predicted octanol–water partition coefficient (Wildman–Crippen LogP) is 2.67. The predicted molar refractivity (Wildman–Crippen MR) is 92.4 cm³/mol. The van der Waals surface area contributed by atoms with Crippen molar-refractivity contribution in [3.8, 4) is 0 Å². The van der Waals surface area contributed by atoms with Crippen LogP contribution in [0.25, 0.3) is 0 Å². The Hall–Kier alpha value is -2.25. The molecule has 3 rings (SSSR count). The van der Waals surface area contributed by atoms with E-state index in [1.165, 1.54) is 6.20 Å². The summed E-state index contributed by atoms with van der Waals surface area (Å²) in [5.41, 5.74) is 1.84. The number of aromatic nitrogens is 2. The van der Waals surface area contributed by atoms with E-state index in [4.69, 9.17) is 11.6 Å². The monoisotopic (exact) mass is 347 g/mol. The van der Waals surface area contributed by atoms with Crippen molar-refractivity contribution in [2.24, 2.45) is 0 Å². The van der Waals surface area contributed by atoms with Gasteiger partial charge in [0, 0.05) is 44.5 Å². The summed E-state index contributed by atoms with van der Waals surface area (Å²) in [6, 6.07) is 5.58. The summed E-state index contributed by atoms with van der Waals surface area (Å²) in [4.78, 5) is 23.3. The molecule has 1 saturated heterocycles. The fourth-order valence-corrected chi connectivity index (χ4v) is 2.90. The van der Waals surface area contributed by atoms with E-state index in [1.54, 1.807) is 25.3 Å². The molecule has 0 aliphatic carbocycles. The van der Waals surface area contributed by atoms with Crippen LogP contribution in [0, 0.1) is 17.0 Å². The van der Waals surface area contributed by atoms with Crippen LogP contribution in [0.4, 0.5) is 11.5 Å². The summed E-state index contributed by atoms with van der Waals surface area (Å²) in [5.74, 6) is 0.797. The van der Waals surface area contributed by atoms with E-state index in [-0.39, 0.29) is 5.69 Å². The molecule has 0 aromatic carbocycles. The lowest BCUT2D eigenvalue weighted by Gasteiger charge is -2.35. The van der Waals surface area contributed by atoms with Crippen molar-refractivity contribution in [1.29, 1.82) is 0 Å². The summed E-state index contributed by atoms with van der Waals surface area (Å²) in [5, 5.41) is 11.4. The smallest absolute Gasteiger partial charge is 0.290 e. The topological polar surface area (TPSA) is 75.4 Å². The van der Waals surface area contributed by atoms with Crippen LogP contribution in [0.2, 0.25) is 5.15 Å². The van der Waals surface area contributed by atoms with Gasteiger partial charge in [-0.1, -0.05) is 17.7 Å². The summed E-state index contributed by atoms with van der Waals surface area (Å²) in [6.45, 7) is 6.06. The number of nitrogens with zero attached hydrogens (tertiary/aromatic N) is 5. The summed E-state index contributed by atoms with van der Waals surface area (Å²) >= 11 is 5.80. The van der Waals surface area contributed by atoms with Crippen molar-refractivity contribution in [2.75, 3.05) is 31.1 Å². The molecule has 7 nitrogen and oxygen atoms in total. The average Bonchev–Trinajstić information content (AvgIpc) is 2.57. The van der Waals surface area contributed by atoms with Gasteiger partial charge in [0.05, 0.1) is 4.92 Å². The molecule has 24 heavy (non-hydrogen) atoms. The highest BCUT2D eigenvalue weighted by molar-refractivity contribution is 6.29. The van der Waals surface area contributed by atoms with E-state index < -0.39 is 4.92 Å². The zero-order valence-electron chi connectivity index (χ0n) is 13.4. The Morgan fingerprint density at radius 3 is 2.54 bits per heavy atom. The molecule has 1 aliphatic rings. The Morgan fingerprint density at radius 2 is 1.96 bits per heavy atom. The molecule has 0 saturated carbocycles. The molecule has 2 aromatic heterocycles. The number of piperazine rings is 1. The lowest BCUT2D eigenvalue weighted by molar-refractivity contribution is -0.385. The molecule has 0 unspecified atom stereocenters.